The summed E-state index contributed by atoms with van der Waals surface area (Å²) in [5.74, 6) is 0.166. The summed E-state index contributed by atoms with van der Waals surface area (Å²) in [4.78, 5) is 21.0. The first-order chi connectivity index (χ1) is 25.8. The van der Waals surface area contributed by atoms with Gasteiger partial charge in [-0.2, -0.15) is 5.26 Å². The summed E-state index contributed by atoms with van der Waals surface area (Å²) in [6.45, 7) is 3.69. The molecule has 13 heteroatoms. The number of nitrogens with one attached hydrogen (secondary N) is 1. The summed E-state index contributed by atoms with van der Waals surface area (Å²) in [7, 11) is 0. The molecule has 6 aliphatic rings. The van der Waals surface area contributed by atoms with Gasteiger partial charge in [0.2, 0.25) is 5.91 Å². The Morgan fingerprint density at radius 1 is 1.15 bits per heavy atom. The van der Waals surface area contributed by atoms with Gasteiger partial charge in [-0.05, 0) is 75.1 Å². The molecule has 272 valence electrons. The van der Waals surface area contributed by atoms with Crippen LogP contribution in [0.3, 0.4) is 0 Å². The number of aryl methyl sites for hydroxylation is 2. The molecule has 3 saturated carbocycles. The quantitative estimate of drug-likeness (QED) is 0.155. The van der Waals surface area contributed by atoms with Crippen molar-refractivity contribution in [2.75, 3.05) is 13.1 Å². The molecule has 0 unspecified atom stereocenters. The minimum absolute atomic E-state index is 0.0480. The van der Waals surface area contributed by atoms with E-state index in [0.717, 1.165) is 60.9 Å². The Morgan fingerprint density at radius 3 is 2.74 bits per heavy atom. The highest BCUT2D eigenvalue weighted by atomic mass is 35.5. The second-order valence-corrected chi connectivity index (χ2v) is 16.4. The van der Waals surface area contributed by atoms with Crippen LogP contribution in [-0.4, -0.2) is 60.6 Å². The molecule has 10 nitrogen and oxygen atoms in total. The Labute approximate surface area is 316 Å². The lowest BCUT2D eigenvalue weighted by atomic mass is 9.79. The van der Waals surface area contributed by atoms with Crippen molar-refractivity contribution in [1.82, 2.24) is 34.8 Å². The van der Waals surface area contributed by atoms with E-state index >= 15 is 4.39 Å². The van der Waals surface area contributed by atoms with Crippen molar-refractivity contribution >= 4 is 50.9 Å². The topological polar surface area (TPSA) is 114 Å². The van der Waals surface area contributed by atoms with Crippen molar-refractivity contribution in [3.05, 3.63) is 75.0 Å². The van der Waals surface area contributed by atoms with Gasteiger partial charge in [0.05, 0.1) is 58.7 Å². The first kappa shape index (κ1) is 33.5. The Balaban J connectivity index is 1.12. The van der Waals surface area contributed by atoms with Gasteiger partial charge >= 0.3 is 0 Å². The third-order valence-electron chi connectivity index (χ3n) is 12.2. The van der Waals surface area contributed by atoms with Crippen LogP contribution in [-0.2, 0) is 22.6 Å². The van der Waals surface area contributed by atoms with Gasteiger partial charge in [0, 0.05) is 71.2 Å². The van der Waals surface area contributed by atoms with E-state index in [1.165, 1.54) is 0 Å². The van der Waals surface area contributed by atoms with E-state index in [0.29, 0.717) is 70.7 Å². The monoisotopic (exact) mass is 752 g/mol. The van der Waals surface area contributed by atoms with Crippen LogP contribution in [0, 0.1) is 35.9 Å². The molecule has 6 heterocycles. The molecule has 2 bridgehead atoms. The van der Waals surface area contributed by atoms with Crippen LogP contribution in [0.15, 0.2) is 36.5 Å². The lowest BCUT2D eigenvalue weighted by Crippen LogP contribution is -2.41. The zero-order valence-corrected chi connectivity index (χ0v) is 30.9. The number of amides is 1. The minimum Gasteiger partial charge on any atom is -0.370 e. The van der Waals surface area contributed by atoms with E-state index in [2.05, 4.69) is 32.3 Å². The number of halogens is 3. The molecule has 5 aromatic rings. The predicted octanol–water partition coefficient (Wildman–Crippen LogP) is 7.80. The van der Waals surface area contributed by atoms with Crippen molar-refractivity contribution in [2.24, 2.45) is 11.8 Å². The molecule has 1 amide bonds. The molecule has 53 heavy (non-hydrogen) atoms. The third kappa shape index (κ3) is 5.55. The molecular weight excluding hydrogens is 714 g/mol. The van der Waals surface area contributed by atoms with Crippen LogP contribution in [0.4, 0.5) is 4.39 Å². The highest BCUT2D eigenvalue weighted by molar-refractivity contribution is 6.43. The van der Waals surface area contributed by atoms with Crippen LogP contribution in [0.25, 0.3) is 32.9 Å². The number of hydrogen-bond acceptors (Lipinski definition) is 7. The highest BCUT2D eigenvalue weighted by Crippen LogP contribution is 2.51. The largest absolute Gasteiger partial charge is 0.370 e. The molecule has 3 aliphatic heterocycles. The number of benzene rings is 2. The van der Waals surface area contributed by atoms with E-state index in [9.17, 15) is 10.1 Å². The van der Waals surface area contributed by atoms with Crippen LogP contribution >= 0.6 is 23.2 Å². The van der Waals surface area contributed by atoms with Gasteiger partial charge in [-0.1, -0.05) is 40.5 Å². The zero-order valence-electron chi connectivity index (χ0n) is 29.4. The van der Waals surface area contributed by atoms with Gasteiger partial charge < -0.3 is 19.5 Å². The summed E-state index contributed by atoms with van der Waals surface area (Å²) in [5, 5.41) is 24.2. The lowest BCUT2D eigenvalue weighted by molar-refractivity contribution is -0.134. The summed E-state index contributed by atoms with van der Waals surface area (Å²) in [6.07, 6.45) is 8.16. The van der Waals surface area contributed by atoms with Crippen molar-refractivity contribution in [2.45, 2.75) is 95.2 Å². The molecule has 3 aliphatic carbocycles. The average Bonchev–Trinajstić information content (AvgIpc) is 3.87. The van der Waals surface area contributed by atoms with Gasteiger partial charge in [-0.25, -0.2) is 14.1 Å². The molecule has 2 aromatic carbocycles. The van der Waals surface area contributed by atoms with E-state index in [1.54, 1.807) is 18.2 Å². The number of likely N-dealkylation sites (tertiary alicyclic amines) is 1. The second-order valence-electron chi connectivity index (χ2n) is 15.7. The molecule has 0 spiro atoms. The molecule has 5 atom stereocenters. The fraction of sp³-hybridized carbons (Fsp3) is 0.475. The number of rotatable bonds is 10. The van der Waals surface area contributed by atoms with Gasteiger partial charge in [0.15, 0.2) is 5.82 Å². The number of pyridine rings is 1. The maximum atomic E-state index is 17.2. The predicted molar refractivity (Wildman–Crippen MR) is 199 cm³/mol. The van der Waals surface area contributed by atoms with E-state index < -0.39 is 5.82 Å². The van der Waals surface area contributed by atoms with E-state index in [4.69, 9.17) is 32.9 Å². The zero-order chi connectivity index (χ0) is 36.1. The van der Waals surface area contributed by atoms with Crippen LogP contribution in [0.1, 0.15) is 85.7 Å². The Morgan fingerprint density at radius 2 is 2.00 bits per heavy atom. The molecule has 3 saturated heterocycles. The summed E-state index contributed by atoms with van der Waals surface area (Å²) in [6, 6.07) is 12.3. The van der Waals surface area contributed by atoms with E-state index in [-0.39, 0.29) is 53.0 Å². The maximum absolute atomic E-state index is 17.2. The van der Waals surface area contributed by atoms with Crippen molar-refractivity contribution in [3.63, 3.8) is 0 Å². The van der Waals surface area contributed by atoms with Crippen LogP contribution in [0.5, 0.6) is 0 Å². The first-order valence-electron chi connectivity index (χ1n) is 18.8. The summed E-state index contributed by atoms with van der Waals surface area (Å²) in [5.41, 5.74) is 5.21. The fourth-order valence-corrected chi connectivity index (χ4v) is 9.60. The summed E-state index contributed by atoms with van der Waals surface area (Å²) < 4.78 is 28.1. The number of carbonyl (C=O) groups is 1. The van der Waals surface area contributed by atoms with Gasteiger partial charge in [-0.3, -0.25) is 4.79 Å². The molecule has 11 rings (SSSR count). The van der Waals surface area contributed by atoms with Crippen molar-refractivity contribution in [1.29, 1.82) is 5.26 Å². The number of ether oxygens (including phenoxy) is 1. The molecule has 0 radical (unpaired) electrons. The molecule has 6 fully saturated rings. The molecular formula is C40H39Cl2FN8O2. The van der Waals surface area contributed by atoms with Crippen LogP contribution < -0.4 is 5.32 Å². The normalized spacial score (nSPS) is 25.0. The molecule has 1 N–H and O–H groups in total. The number of nitriles is 1. The Bertz CT molecular complexity index is 2350. The highest BCUT2D eigenvalue weighted by Gasteiger charge is 2.51. The van der Waals surface area contributed by atoms with Crippen molar-refractivity contribution in [3.8, 4) is 17.2 Å². The first-order valence-corrected chi connectivity index (χ1v) is 19.6. The van der Waals surface area contributed by atoms with Gasteiger partial charge in [0.1, 0.15) is 11.2 Å². The SMILES string of the molecule is Cc1nc2c(F)c(-c3cccc(Cl)c3Cl)c(CCC#N)cc2c2c1cc([C@H]1C[C@H](OCc3cn(C4CC4)nn3)CN1C(=O)C1CC1)n2[C@H]1[C@H]2CN[C@@H]1C2. The van der Waals surface area contributed by atoms with Gasteiger partial charge in [0.25, 0.3) is 0 Å². The summed E-state index contributed by atoms with van der Waals surface area (Å²) >= 11 is 13.1. The number of carbonyl (C=O) groups excluding carboxylic acids is 1. The smallest absolute Gasteiger partial charge is 0.226 e. The maximum Gasteiger partial charge on any atom is 0.226 e. The lowest BCUT2D eigenvalue weighted by Gasteiger charge is -2.39. The average molecular weight is 754 g/mol. The van der Waals surface area contributed by atoms with Crippen LogP contribution in [0.2, 0.25) is 10.0 Å². The number of fused-ring (bicyclic) bond motifs is 4. The number of aromatic nitrogens is 5. The number of nitrogens with zero attached hydrogens (tertiary/aromatic N) is 7. The number of hydrogen-bond donors (Lipinski definition) is 1. The minimum atomic E-state index is -0.480. The Hall–Kier alpha value is -4.08. The second kappa shape index (κ2) is 12.8. The standard InChI is InChI=1S/C40H39Cl2FN8O2/c1-20-28-15-33(32-14-26(18-49(32)40(52)21-7-8-21)53-19-24-17-50(48-47-24)25-9-10-25)51(38-23-13-31(38)45-16-23)39(28)29-12-22(4-3-11-44)34(36(43)37(29)46-20)27-5-2-6-30(41)35(27)42/h2,5-6,12,15,17,21,23,25-26,31-32,38,45H,3-4,7-10,13-14,16,18-19H2,1H3/t23-,26+,31-,32-,38+/m1/s1. The fourth-order valence-electron chi connectivity index (χ4n) is 9.21. The third-order valence-corrected chi connectivity index (χ3v) is 13.0. The van der Waals surface area contributed by atoms with Gasteiger partial charge in [-0.15, -0.1) is 5.10 Å². The molecule has 3 aromatic heterocycles. The van der Waals surface area contributed by atoms with Crippen molar-refractivity contribution < 1.29 is 13.9 Å². The Kier molecular flexibility index (Phi) is 8.06. The van der Waals surface area contributed by atoms with E-state index in [1.807, 2.05) is 28.8 Å².